The van der Waals surface area contributed by atoms with Crippen LogP contribution in [0.5, 0.6) is 0 Å². The van der Waals surface area contributed by atoms with Crippen molar-refractivity contribution in [1.29, 1.82) is 0 Å². The van der Waals surface area contributed by atoms with Crippen molar-refractivity contribution in [2.45, 2.75) is 56.3 Å². The molecule has 1 heterocycles. The summed E-state index contributed by atoms with van der Waals surface area (Å²) in [6.07, 6.45) is 5.17. The standard InChI is InChI=1S/C17H24O5S/c1-13-7-9-16(10-8-13)23(18,19)22-15-11-20-17(21-12-15)14-5-3-2-4-6-14/h7-10,14-15,17H,2-6,11-12H2,1H3. The molecule has 3 rings (SSSR count). The SMILES string of the molecule is Cc1ccc(S(=O)(=O)OC2COC(C3CCCCC3)OC2)cc1. The lowest BCUT2D eigenvalue weighted by atomic mass is 9.88. The van der Waals surface area contributed by atoms with Crippen molar-refractivity contribution in [2.75, 3.05) is 13.2 Å². The second kappa shape index (κ2) is 7.30. The van der Waals surface area contributed by atoms with Crippen molar-refractivity contribution in [3.05, 3.63) is 29.8 Å². The van der Waals surface area contributed by atoms with E-state index in [1.54, 1.807) is 24.3 Å². The zero-order valence-corrected chi connectivity index (χ0v) is 14.3. The number of hydrogen-bond acceptors (Lipinski definition) is 5. The van der Waals surface area contributed by atoms with E-state index in [0.717, 1.165) is 18.4 Å². The number of aryl methyl sites for hydroxylation is 1. The van der Waals surface area contributed by atoms with Gasteiger partial charge in [-0.15, -0.1) is 0 Å². The van der Waals surface area contributed by atoms with Gasteiger partial charge in [0.05, 0.1) is 18.1 Å². The Balaban J connectivity index is 1.54. The van der Waals surface area contributed by atoms with Gasteiger partial charge in [-0.3, -0.25) is 4.18 Å². The molecular formula is C17H24O5S. The average Bonchev–Trinajstić information content (AvgIpc) is 2.56. The Morgan fingerprint density at radius 1 is 1.00 bits per heavy atom. The van der Waals surface area contributed by atoms with Crippen molar-refractivity contribution in [3.63, 3.8) is 0 Å². The minimum Gasteiger partial charge on any atom is -0.350 e. The molecule has 0 atom stereocenters. The Bertz CT molecular complexity index is 596. The zero-order chi connectivity index (χ0) is 16.3. The first kappa shape index (κ1) is 16.9. The van der Waals surface area contributed by atoms with E-state index in [1.807, 2.05) is 6.92 Å². The van der Waals surface area contributed by atoms with Crippen LogP contribution in [0, 0.1) is 12.8 Å². The summed E-state index contributed by atoms with van der Waals surface area (Å²) in [5.74, 6) is 0.429. The molecule has 1 saturated heterocycles. The van der Waals surface area contributed by atoms with Gasteiger partial charge in [0, 0.05) is 5.92 Å². The number of ether oxygens (including phenoxy) is 2. The van der Waals surface area contributed by atoms with Crippen LogP contribution in [0.25, 0.3) is 0 Å². The van der Waals surface area contributed by atoms with Gasteiger partial charge >= 0.3 is 0 Å². The third-order valence-electron chi connectivity index (χ3n) is 4.50. The highest BCUT2D eigenvalue weighted by Gasteiger charge is 2.32. The Morgan fingerprint density at radius 3 is 2.22 bits per heavy atom. The third-order valence-corrected chi connectivity index (χ3v) is 5.87. The molecule has 128 valence electrons. The number of hydrogen-bond donors (Lipinski definition) is 0. The molecule has 0 aromatic heterocycles. The highest BCUT2D eigenvalue weighted by molar-refractivity contribution is 7.86. The van der Waals surface area contributed by atoms with Crippen molar-refractivity contribution in [2.24, 2.45) is 5.92 Å². The second-order valence-corrected chi connectivity index (χ2v) is 7.99. The lowest BCUT2D eigenvalue weighted by molar-refractivity contribution is -0.236. The van der Waals surface area contributed by atoms with Crippen LogP contribution in [0.2, 0.25) is 0 Å². The molecule has 23 heavy (non-hydrogen) atoms. The van der Waals surface area contributed by atoms with Gasteiger partial charge in [0.25, 0.3) is 10.1 Å². The summed E-state index contributed by atoms with van der Waals surface area (Å²) in [6, 6.07) is 6.62. The molecule has 1 saturated carbocycles. The van der Waals surface area contributed by atoms with Crippen LogP contribution in [0.3, 0.4) is 0 Å². The van der Waals surface area contributed by atoms with E-state index in [0.29, 0.717) is 5.92 Å². The van der Waals surface area contributed by atoms with Crippen LogP contribution < -0.4 is 0 Å². The quantitative estimate of drug-likeness (QED) is 0.789. The predicted octanol–water partition coefficient (Wildman–Crippen LogP) is 3.02. The summed E-state index contributed by atoms with van der Waals surface area (Å²) in [5.41, 5.74) is 1.00. The highest BCUT2D eigenvalue weighted by atomic mass is 32.2. The normalized spacial score (nSPS) is 27.0. The smallest absolute Gasteiger partial charge is 0.297 e. The first-order valence-corrected chi connectivity index (χ1v) is 9.68. The minimum absolute atomic E-state index is 0.164. The molecule has 1 aromatic carbocycles. The Kier molecular flexibility index (Phi) is 5.36. The second-order valence-electron chi connectivity index (χ2n) is 6.42. The molecular weight excluding hydrogens is 316 g/mol. The number of benzene rings is 1. The fourth-order valence-corrected chi connectivity index (χ4v) is 4.22. The maximum absolute atomic E-state index is 12.3. The molecule has 2 fully saturated rings. The summed E-state index contributed by atoms with van der Waals surface area (Å²) in [4.78, 5) is 0.164. The van der Waals surface area contributed by atoms with E-state index in [9.17, 15) is 8.42 Å². The largest absolute Gasteiger partial charge is 0.350 e. The maximum Gasteiger partial charge on any atom is 0.297 e. The van der Waals surface area contributed by atoms with Gasteiger partial charge in [-0.2, -0.15) is 8.42 Å². The lowest BCUT2D eigenvalue weighted by Gasteiger charge is -2.35. The monoisotopic (exact) mass is 340 g/mol. The van der Waals surface area contributed by atoms with Crippen LogP contribution in [0.15, 0.2) is 29.2 Å². The van der Waals surface area contributed by atoms with E-state index in [4.69, 9.17) is 13.7 Å². The molecule has 0 unspecified atom stereocenters. The first-order chi connectivity index (χ1) is 11.0. The van der Waals surface area contributed by atoms with Gasteiger partial charge in [0.2, 0.25) is 0 Å². The lowest BCUT2D eigenvalue weighted by Crippen LogP contribution is -2.42. The van der Waals surface area contributed by atoms with E-state index in [1.165, 1.54) is 19.3 Å². The van der Waals surface area contributed by atoms with Gasteiger partial charge in [0.1, 0.15) is 6.10 Å². The van der Waals surface area contributed by atoms with Crippen LogP contribution >= 0.6 is 0 Å². The molecule has 1 aliphatic carbocycles. The van der Waals surface area contributed by atoms with E-state index in [2.05, 4.69) is 0 Å². The third kappa shape index (κ3) is 4.32. The van der Waals surface area contributed by atoms with Gasteiger partial charge in [-0.05, 0) is 31.9 Å². The summed E-state index contributed by atoms with van der Waals surface area (Å²) in [5, 5.41) is 0. The summed E-state index contributed by atoms with van der Waals surface area (Å²) >= 11 is 0. The average molecular weight is 340 g/mol. The molecule has 0 spiro atoms. The van der Waals surface area contributed by atoms with Gasteiger partial charge in [0.15, 0.2) is 6.29 Å². The predicted molar refractivity (Wildman–Crippen MR) is 85.5 cm³/mol. The van der Waals surface area contributed by atoms with Gasteiger partial charge in [-0.1, -0.05) is 37.0 Å². The molecule has 1 aliphatic heterocycles. The fraction of sp³-hybridized carbons (Fsp3) is 0.647. The molecule has 6 heteroatoms. The van der Waals surface area contributed by atoms with Crippen molar-refractivity contribution in [1.82, 2.24) is 0 Å². The molecule has 0 N–H and O–H groups in total. The van der Waals surface area contributed by atoms with Crippen LogP contribution in [0.1, 0.15) is 37.7 Å². The van der Waals surface area contributed by atoms with Crippen molar-refractivity contribution < 1.29 is 22.1 Å². The van der Waals surface area contributed by atoms with Crippen molar-refractivity contribution >= 4 is 10.1 Å². The first-order valence-electron chi connectivity index (χ1n) is 8.28. The van der Waals surface area contributed by atoms with E-state index < -0.39 is 16.2 Å². The highest BCUT2D eigenvalue weighted by Crippen LogP contribution is 2.30. The van der Waals surface area contributed by atoms with E-state index in [-0.39, 0.29) is 24.4 Å². The summed E-state index contributed by atoms with van der Waals surface area (Å²) in [7, 11) is -3.78. The minimum atomic E-state index is -3.78. The Labute approximate surface area is 138 Å². The van der Waals surface area contributed by atoms with Gasteiger partial charge < -0.3 is 9.47 Å². The zero-order valence-electron chi connectivity index (χ0n) is 13.4. The topological polar surface area (TPSA) is 61.8 Å². The van der Waals surface area contributed by atoms with Gasteiger partial charge in [-0.25, -0.2) is 0 Å². The van der Waals surface area contributed by atoms with Crippen LogP contribution in [-0.2, 0) is 23.8 Å². The Hall–Kier alpha value is -0.950. The summed E-state index contributed by atoms with van der Waals surface area (Å²) < 4.78 is 41.2. The maximum atomic E-state index is 12.3. The van der Waals surface area contributed by atoms with Crippen molar-refractivity contribution in [3.8, 4) is 0 Å². The number of rotatable bonds is 4. The summed E-state index contributed by atoms with van der Waals surface area (Å²) in [6.45, 7) is 2.42. The molecule has 0 bridgehead atoms. The molecule has 1 aromatic rings. The molecule has 0 radical (unpaired) electrons. The molecule has 5 nitrogen and oxygen atoms in total. The van der Waals surface area contributed by atoms with E-state index >= 15 is 0 Å². The molecule has 0 amide bonds. The molecule has 2 aliphatic rings. The van der Waals surface area contributed by atoms with Crippen LogP contribution in [0.4, 0.5) is 0 Å². The fourth-order valence-electron chi connectivity index (χ4n) is 3.17. The van der Waals surface area contributed by atoms with Crippen LogP contribution in [-0.4, -0.2) is 34.0 Å². The Morgan fingerprint density at radius 2 is 1.61 bits per heavy atom.